The van der Waals surface area contributed by atoms with Gasteiger partial charge in [0.25, 0.3) is 0 Å². The molecule has 0 spiro atoms. The summed E-state index contributed by atoms with van der Waals surface area (Å²) in [5.41, 5.74) is 2.54. The van der Waals surface area contributed by atoms with Crippen LogP contribution in [-0.4, -0.2) is 31.8 Å². The summed E-state index contributed by atoms with van der Waals surface area (Å²) < 4.78 is 33.3. The van der Waals surface area contributed by atoms with E-state index in [1.165, 1.54) is 7.11 Å². The number of nitrogens with zero attached hydrogens (tertiary/aromatic N) is 1. The number of fused-ring (bicyclic) bond motifs is 3. The number of hydrogen-bond acceptors (Lipinski definition) is 4. The first-order valence-corrected chi connectivity index (χ1v) is 11.2. The topological polar surface area (TPSA) is 63.7 Å². The van der Waals surface area contributed by atoms with Crippen molar-refractivity contribution in [2.75, 3.05) is 7.11 Å². The van der Waals surface area contributed by atoms with Crippen molar-refractivity contribution in [1.29, 1.82) is 0 Å². The summed E-state index contributed by atoms with van der Waals surface area (Å²) >= 11 is 5.93. The fourth-order valence-electron chi connectivity index (χ4n) is 4.44. The van der Waals surface area contributed by atoms with Crippen LogP contribution in [0.25, 0.3) is 0 Å². The second-order valence-corrected chi connectivity index (χ2v) is 9.69. The molecule has 2 aromatic rings. The molecule has 2 unspecified atom stereocenters. The van der Waals surface area contributed by atoms with Gasteiger partial charge in [0.05, 0.1) is 17.6 Å². The van der Waals surface area contributed by atoms with Crippen molar-refractivity contribution in [1.82, 2.24) is 4.31 Å². The van der Waals surface area contributed by atoms with Crippen LogP contribution in [0.3, 0.4) is 0 Å². The van der Waals surface area contributed by atoms with E-state index in [9.17, 15) is 13.2 Å². The number of ether oxygens (including phenoxy) is 1. The lowest BCUT2D eigenvalue weighted by atomic mass is 9.75. The Morgan fingerprint density at radius 1 is 1.11 bits per heavy atom. The molecule has 2 atom stereocenters. The molecule has 1 aliphatic carbocycles. The summed E-state index contributed by atoms with van der Waals surface area (Å²) in [4.78, 5) is 12.2. The minimum Gasteiger partial charge on any atom is -0.465 e. The molecule has 2 aliphatic rings. The Balaban J connectivity index is 1.77. The molecule has 0 bridgehead atoms. The summed E-state index contributed by atoms with van der Waals surface area (Å²) in [6, 6.07) is 11.7. The Labute approximate surface area is 170 Å². The number of esters is 1. The van der Waals surface area contributed by atoms with Gasteiger partial charge in [-0.2, -0.15) is 4.31 Å². The van der Waals surface area contributed by atoms with Crippen molar-refractivity contribution in [3.8, 4) is 0 Å². The molecule has 4 rings (SSSR count). The van der Waals surface area contributed by atoms with Gasteiger partial charge >= 0.3 is 5.97 Å². The van der Waals surface area contributed by atoms with Crippen LogP contribution in [0.15, 0.2) is 47.4 Å². The third-order valence-corrected chi connectivity index (χ3v) is 7.95. The third-order valence-electron chi connectivity index (χ3n) is 5.81. The SMILES string of the molecule is COC(=O)c1ccc2c(c1)C1CCCCC1N(S(=O)(=O)c1ccc(Cl)cc1)C2. The fraction of sp³-hybridized carbons (Fsp3) is 0.381. The zero-order chi connectivity index (χ0) is 19.9. The molecule has 1 heterocycles. The number of benzene rings is 2. The van der Waals surface area contributed by atoms with E-state index in [4.69, 9.17) is 16.3 Å². The highest BCUT2D eigenvalue weighted by molar-refractivity contribution is 7.89. The van der Waals surface area contributed by atoms with Crippen LogP contribution in [0.1, 0.15) is 53.1 Å². The smallest absolute Gasteiger partial charge is 0.337 e. The highest BCUT2D eigenvalue weighted by Crippen LogP contribution is 2.44. The Morgan fingerprint density at radius 3 is 2.54 bits per heavy atom. The van der Waals surface area contributed by atoms with E-state index < -0.39 is 10.0 Å². The highest BCUT2D eigenvalue weighted by Gasteiger charge is 2.42. The maximum atomic E-state index is 13.4. The van der Waals surface area contributed by atoms with E-state index in [0.29, 0.717) is 17.1 Å². The largest absolute Gasteiger partial charge is 0.465 e. The summed E-state index contributed by atoms with van der Waals surface area (Å²) in [5, 5.41) is 0.508. The number of rotatable bonds is 3. The molecule has 0 radical (unpaired) electrons. The average molecular weight is 420 g/mol. The predicted molar refractivity (Wildman–Crippen MR) is 107 cm³/mol. The van der Waals surface area contributed by atoms with Crippen molar-refractivity contribution in [3.05, 3.63) is 64.2 Å². The van der Waals surface area contributed by atoms with Crippen LogP contribution < -0.4 is 0 Å². The Hall–Kier alpha value is -1.89. The van der Waals surface area contributed by atoms with Crippen molar-refractivity contribution < 1.29 is 17.9 Å². The lowest BCUT2D eigenvalue weighted by Gasteiger charge is -2.44. The maximum Gasteiger partial charge on any atom is 0.337 e. The van der Waals surface area contributed by atoms with Crippen LogP contribution in [0.4, 0.5) is 0 Å². The number of halogens is 1. The van der Waals surface area contributed by atoms with E-state index in [1.54, 1.807) is 34.6 Å². The number of sulfonamides is 1. The van der Waals surface area contributed by atoms with Gasteiger partial charge < -0.3 is 4.74 Å². The standard InChI is InChI=1S/C21H22ClNO4S/c1-27-21(24)14-6-7-15-13-23(20-5-3-2-4-18(20)19(15)12-14)28(25,26)17-10-8-16(22)9-11-17/h6-12,18,20H,2-5,13H2,1H3. The zero-order valence-corrected chi connectivity index (χ0v) is 17.2. The summed E-state index contributed by atoms with van der Waals surface area (Å²) in [7, 11) is -2.27. The molecule has 28 heavy (non-hydrogen) atoms. The van der Waals surface area contributed by atoms with Crippen LogP contribution >= 0.6 is 11.6 Å². The lowest BCUT2D eigenvalue weighted by Crippen LogP contribution is -2.47. The fourth-order valence-corrected chi connectivity index (χ4v) is 6.23. The highest BCUT2D eigenvalue weighted by atomic mass is 35.5. The molecule has 1 saturated carbocycles. The molecule has 0 amide bonds. The summed E-state index contributed by atoms with van der Waals surface area (Å²) in [6.07, 6.45) is 3.78. The molecule has 0 N–H and O–H groups in total. The third kappa shape index (κ3) is 3.34. The molecule has 0 saturated heterocycles. The molecule has 7 heteroatoms. The number of methoxy groups -OCH3 is 1. The predicted octanol–water partition coefficient (Wildman–Crippen LogP) is 4.36. The zero-order valence-electron chi connectivity index (χ0n) is 15.6. The quantitative estimate of drug-likeness (QED) is 0.693. The second-order valence-electron chi connectivity index (χ2n) is 7.37. The van der Waals surface area contributed by atoms with Gasteiger partial charge in [-0.25, -0.2) is 13.2 Å². The van der Waals surface area contributed by atoms with Gasteiger partial charge in [-0.1, -0.05) is 30.5 Å². The minimum atomic E-state index is -3.64. The molecule has 1 fully saturated rings. The number of hydrogen-bond donors (Lipinski definition) is 0. The summed E-state index contributed by atoms with van der Waals surface area (Å²) in [5.74, 6) is -0.282. The monoisotopic (exact) mass is 419 g/mol. The Morgan fingerprint density at radius 2 is 1.82 bits per heavy atom. The molecular weight excluding hydrogens is 398 g/mol. The van der Waals surface area contributed by atoms with Crippen molar-refractivity contribution in [3.63, 3.8) is 0 Å². The number of carbonyl (C=O) groups is 1. The summed E-state index contributed by atoms with van der Waals surface area (Å²) in [6.45, 7) is 0.308. The van der Waals surface area contributed by atoms with E-state index in [-0.39, 0.29) is 22.8 Å². The van der Waals surface area contributed by atoms with Crippen molar-refractivity contribution >= 4 is 27.6 Å². The van der Waals surface area contributed by atoms with E-state index in [0.717, 1.165) is 36.8 Å². The lowest BCUT2D eigenvalue weighted by molar-refractivity contribution is 0.0600. The van der Waals surface area contributed by atoms with Crippen LogP contribution in [0.2, 0.25) is 5.02 Å². The molecule has 148 valence electrons. The average Bonchev–Trinajstić information content (AvgIpc) is 2.72. The van der Waals surface area contributed by atoms with Gasteiger partial charge in [0.2, 0.25) is 10.0 Å². The van der Waals surface area contributed by atoms with E-state index >= 15 is 0 Å². The second kappa shape index (κ2) is 7.50. The molecule has 5 nitrogen and oxygen atoms in total. The van der Waals surface area contributed by atoms with Crippen molar-refractivity contribution in [2.45, 2.75) is 49.1 Å². The van der Waals surface area contributed by atoms with Crippen LogP contribution in [0, 0.1) is 0 Å². The van der Waals surface area contributed by atoms with Gasteiger partial charge in [-0.3, -0.25) is 0 Å². The first-order valence-electron chi connectivity index (χ1n) is 9.40. The first kappa shape index (κ1) is 19.4. The molecule has 0 aromatic heterocycles. The number of carbonyl (C=O) groups excluding carboxylic acids is 1. The van der Waals surface area contributed by atoms with Gasteiger partial charge in [-0.05, 0) is 60.4 Å². The first-order chi connectivity index (χ1) is 13.4. The van der Waals surface area contributed by atoms with E-state index in [1.807, 2.05) is 12.1 Å². The van der Waals surface area contributed by atoms with Crippen LogP contribution in [0.5, 0.6) is 0 Å². The van der Waals surface area contributed by atoms with Crippen LogP contribution in [-0.2, 0) is 21.3 Å². The normalized spacial score (nSPS) is 22.2. The van der Waals surface area contributed by atoms with Crippen molar-refractivity contribution in [2.24, 2.45) is 0 Å². The van der Waals surface area contributed by atoms with E-state index in [2.05, 4.69) is 0 Å². The Bertz CT molecular complexity index is 1000. The maximum absolute atomic E-state index is 13.4. The van der Waals surface area contributed by atoms with Gasteiger partial charge in [0.15, 0.2) is 0 Å². The van der Waals surface area contributed by atoms with Gasteiger partial charge in [0.1, 0.15) is 0 Å². The van der Waals surface area contributed by atoms with Gasteiger partial charge in [0, 0.05) is 23.5 Å². The van der Waals surface area contributed by atoms with Gasteiger partial charge in [-0.15, -0.1) is 0 Å². The molecule has 2 aromatic carbocycles. The molecular formula is C21H22ClNO4S. The molecule has 1 aliphatic heterocycles. The minimum absolute atomic E-state index is 0.0872. The Kier molecular flexibility index (Phi) is 5.21.